The molecule has 1 aliphatic rings. The number of ether oxygens (including phenoxy) is 1. The number of nitrogens with zero attached hydrogens (tertiary/aromatic N) is 4. The van der Waals surface area contributed by atoms with E-state index in [0.29, 0.717) is 19.7 Å². The van der Waals surface area contributed by atoms with Crippen molar-refractivity contribution in [2.24, 2.45) is 12.0 Å². The van der Waals surface area contributed by atoms with Crippen molar-refractivity contribution in [3.05, 3.63) is 53.6 Å². The SMILES string of the molecule is CN=C(NCC(C)(C)c1cccc(F)c1)N1CCOC(c2cnn(C)c2)C1. The number of nitrogens with one attached hydrogen (secondary N) is 1. The van der Waals surface area contributed by atoms with Crippen LogP contribution in [0, 0.1) is 5.82 Å². The highest BCUT2D eigenvalue weighted by atomic mass is 19.1. The fourth-order valence-corrected chi connectivity index (χ4v) is 3.29. The normalized spacial score (nSPS) is 18.6. The minimum Gasteiger partial charge on any atom is -0.370 e. The van der Waals surface area contributed by atoms with Crippen molar-refractivity contribution in [3.63, 3.8) is 0 Å². The fourth-order valence-electron chi connectivity index (χ4n) is 3.29. The number of guanidine groups is 1. The van der Waals surface area contributed by atoms with E-state index in [1.54, 1.807) is 23.9 Å². The summed E-state index contributed by atoms with van der Waals surface area (Å²) in [6, 6.07) is 6.78. The summed E-state index contributed by atoms with van der Waals surface area (Å²) in [5.74, 6) is 0.620. The van der Waals surface area contributed by atoms with Gasteiger partial charge in [-0.25, -0.2) is 4.39 Å². The maximum absolute atomic E-state index is 13.6. The average Bonchev–Trinajstić information content (AvgIpc) is 3.09. The lowest BCUT2D eigenvalue weighted by Gasteiger charge is -2.36. The second-order valence-corrected chi connectivity index (χ2v) is 7.55. The molecule has 1 fully saturated rings. The van der Waals surface area contributed by atoms with Crippen LogP contribution in [0.1, 0.15) is 31.1 Å². The number of halogens is 1. The molecular formula is C20H28FN5O. The monoisotopic (exact) mass is 373 g/mol. The van der Waals surface area contributed by atoms with Crippen molar-refractivity contribution >= 4 is 5.96 Å². The van der Waals surface area contributed by atoms with Gasteiger partial charge in [-0.1, -0.05) is 26.0 Å². The molecule has 3 rings (SSSR count). The van der Waals surface area contributed by atoms with Crippen molar-refractivity contribution in [3.8, 4) is 0 Å². The number of hydrogen-bond donors (Lipinski definition) is 1. The molecule has 1 aromatic carbocycles. The number of rotatable bonds is 4. The topological polar surface area (TPSA) is 54.7 Å². The van der Waals surface area contributed by atoms with Gasteiger partial charge in [0.25, 0.3) is 0 Å². The molecular weight excluding hydrogens is 345 g/mol. The van der Waals surface area contributed by atoms with Crippen LogP contribution in [0.4, 0.5) is 4.39 Å². The van der Waals surface area contributed by atoms with Gasteiger partial charge in [-0.05, 0) is 17.7 Å². The van der Waals surface area contributed by atoms with E-state index in [4.69, 9.17) is 4.74 Å². The summed E-state index contributed by atoms with van der Waals surface area (Å²) in [4.78, 5) is 6.64. The molecule has 1 aromatic heterocycles. The molecule has 0 bridgehead atoms. The summed E-state index contributed by atoms with van der Waals surface area (Å²) >= 11 is 0. The number of aromatic nitrogens is 2. The summed E-state index contributed by atoms with van der Waals surface area (Å²) < 4.78 is 21.3. The molecule has 0 amide bonds. The molecule has 1 unspecified atom stereocenters. The first-order valence-corrected chi connectivity index (χ1v) is 9.21. The lowest BCUT2D eigenvalue weighted by atomic mass is 9.84. The number of morpholine rings is 1. The summed E-state index contributed by atoms with van der Waals surface area (Å²) in [6.45, 7) is 6.97. The van der Waals surface area contributed by atoms with Crippen LogP contribution in [-0.4, -0.2) is 53.9 Å². The van der Waals surface area contributed by atoms with E-state index in [1.807, 2.05) is 25.5 Å². The average molecular weight is 373 g/mol. The van der Waals surface area contributed by atoms with Crippen molar-refractivity contribution < 1.29 is 9.13 Å². The minimum absolute atomic E-state index is 0.0257. The van der Waals surface area contributed by atoms with Crippen LogP contribution >= 0.6 is 0 Å². The van der Waals surface area contributed by atoms with Gasteiger partial charge in [-0.2, -0.15) is 5.10 Å². The van der Waals surface area contributed by atoms with E-state index >= 15 is 0 Å². The first kappa shape index (κ1) is 19.4. The number of hydrogen-bond acceptors (Lipinski definition) is 3. The highest BCUT2D eigenvalue weighted by molar-refractivity contribution is 5.80. The standard InChI is InChI=1S/C20H28FN5O/c1-20(2,16-6-5-7-17(21)10-16)14-23-19(22-3)26-8-9-27-18(13-26)15-11-24-25(4)12-15/h5-7,10-12,18H,8-9,13-14H2,1-4H3,(H,22,23). The molecule has 1 atom stereocenters. The van der Waals surface area contributed by atoms with Crippen LogP contribution in [0.5, 0.6) is 0 Å². The van der Waals surface area contributed by atoms with Crippen molar-refractivity contribution in [1.29, 1.82) is 0 Å². The maximum atomic E-state index is 13.6. The Morgan fingerprint density at radius 1 is 1.44 bits per heavy atom. The Bertz CT molecular complexity index is 801. The van der Waals surface area contributed by atoms with E-state index in [0.717, 1.165) is 23.6 Å². The second-order valence-electron chi connectivity index (χ2n) is 7.55. The van der Waals surface area contributed by atoms with E-state index in [9.17, 15) is 4.39 Å². The lowest BCUT2D eigenvalue weighted by molar-refractivity contribution is -0.00808. The predicted molar refractivity (Wildman–Crippen MR) is 104 cm³/mol. The van der Waals surface area contributed by atoms with Crippen molar-refractivity contribution in [1.82, 2.24) is 20.0 Å². The zero-order valence-electron chi connectivity index (χ0n) is 16.4. The minimum atomic E-state index is -0.229. The van der Waals surface area contributed by atoms with Crippen LogP contribution < -0.4 is 5.32 Å². The highest BCUT2D eigenvalue weighted by Gasteiger charge is 2.27. The van der Waals surface area contributed by atoms with E-state index in [-0.39, 0.29) is 17.3 Å². The fraction of sp³-hybridized carbons (Fsp3) is 0.500. The largest absolute Gasteiger partial charge is 0.370 e. The smallest absolute Gasteiger partial charge is 0.193 e. The molecule has 0 spiro atoms. The predicted octanol–water partition coefficient (Wildman–Crippen LogP) is 2.49. The summed E-state index contributed by atoms with van der Waals surface area (Å²) in [7, 11) is 3.69. The van der Waals surface area contributed by atoms with Gasteiger partial charge in [0.2, 0.25) is 0 Å². The van der Waals surface area contributed by atoms with Gasteiger partial charge in [-0.15, -0.1) is 0 Å². The Morgan fingerprint density at radius 2 is 2.26 bits per heavy atom. The Morgan fingerprint density at radius 3 is 2.93 bits per heavy atom. The van der Waals surface area contributed by atoms with Gasteiger partial charge in [0.05, 0.1) is 19.3 Å². The maximum Gasteiger partial charge on any atom is 0.193 e. The molecule has 0 aliphatic carbocycles. The first-order chi connectivity index (χ1) is 12.9. The number of aliphatic imine (C=N–C) groups is 1. The number of aryl methyl sites for hydroxylation is 1. The summed E-state index contributed by atoms with van der Waals surface area (Å²) in [5, 5.41) is 7.68. The van der Waals surface area contributed by atoms with Crippen LogP contribution in [0.25, 0.3) is 0 Å². The van der Waals surface area contributed by atoms with Crippen LogP contribution in [0.2, 0.25) is 0 Å². The molecule has 1 saturated heterocycles. The molecule has 146 valence electrons. The Kier molecular flexibility index (Phi) is 5.79. The lowest BCUT2D eigenvalue weighted by Crippen LogP contribution is -2.50. The van der Waals surface area contributed by atoms with Gasteiger partial charge < -0.3 is 15.0 Å². The van der Waals surface area contributed by atoms with Gasteiger partial charge >= 0.3 is 0 Å². The van der Waals surface area contributed by atoms with Gasteiger partial charge in [-0.3, -0.25) is 9.67 Å². The molecule has 1 N–H and O–H groups in total. The molecule has 2 heterocycles. The van der Waals surface area contributed by atoms with E-state index in [1.165, 1.54) is 6.07 Å². The molecule has 2 aromatic rings. The zero-order chi connectivity index (χ0) is 19.4. The Hall–Kier alpha value is -2.41. The zero-order valence-corrected chi connectivity index (χ0v) is 16.4. The number of benzene rings is 1. The van der Waals surface area contributed by atoms with Gasteiger partial charge in [0, 0.05) is 44.4 Å². The first-order valence-electron chi connectivity index (χ1n) is 9.21. The van der Waals surface area contributed by atoms with Crippen LogP contribution in [-0.2, 0) is 17.2 Å². The molecule has 0 radical (unpaired) electrons. The van der Waals surface area contributed by atoms with Gasteiger partial charge in [0.15, 0.2) is 5.96 Å². The molecule has 0 saturated carbocycles. The molecule has 1 aliphatic heterocycles. The van der Waals surface area contributed by atoms with E-state index in [2.05, 4.69) is 34.2 Å². The third kappa shape index (κ3) is 4.66. The third-order valence-corrected chi connectivity index (χ3v) is 4.97. The Labute approximate surface area is 160 Å². The second kappa shape index (κ2) is 8.08. The summed E-state index contributed by atoms with van der Waals surface area (Å²) in [5.41, 5.74) is 1.80. The van der Waals surface area contributed by atoms with Crippen LogP contribution in [0.15, 0.2) is 41.7 Å². The van der Waals surface area contributed by atoms with Crippen molar-refractivity contribution in [2.75, 3.05) is 33.3 Å². The Balaban J connectivity index is 1.64. The highest BCUT2D eigenvalue weighted by Crippen LogP contribution is 2.24. The third-order valence-electron chi connectivity index (χ3n) is 4.97. The summed E-state index contributed by atoms with van der Waals surface area (Å²) in [6.07, 6.45) is 3.80. The van der Waals surface area contributed by atoms with Gasteiger partial charge in [0.1, 0.15) is 11.9 Å². The van der Waals surface area contributed by atoms with Crippen LogP contribution in [0.3, 0.4) is 0 Å². The molecule has 27 heavy (non-hydrogen) atoms. The molecule has 7 heteroatoms. The van der Waals surface area contributed by atoms with E-state index < -0.39 is 0 Å². The quantitative estimate of drug-likeness (QED) is 0.661. The van der Waals surface area contributed by atoms with Crippen molar-refractivity contribution in [2.45, 2.75) is 25.4 Å². The molecule has 6 nitrogen and oxygen atoms in total.